The number of rotatable bonds is 9. The Morgan fingerprint density at radius 1 is 1.11 bits per heavy atom. The Morgan fingerprint density at radius 2 is 1.86 bits per heavy atom. The normalized spacial score (nSPS) is 23.6. The molecule has 0 radical (unpaired) electrons. The van der Waals surface area contributed by atoms with E-state index >= 15 is 0 Å². The van der Waals surface area contributed by atoms with Gasteiger partial charge in [-0.2, -0.15) is 0 Å². The second kappa shape index (κ2) is 10.9. The Bertz CT molecular complexity index is 599. The molecule has 0 N–H and O–H groups in total. The number of aromatic nitrogens is 4. The number of nitrogens with zero attached hydrogens (tertiary/aromatic N) is 5. The van der Waals surface area contributed by atoms with E-state index in [4.69, 9.17) is 4.74 Å². The van der Waals surface area contributed by atoms with Crippen molar-refractivity contribution in [3.63, 3.8) is 0 Å². The monoisotopic (exact) mass is 391 g/mol. The molecule has 0 bridgehead atoms. The molecule has 28 heavy (non-hydrogen) atoms. The number of methoxy groups -OCH3 is 1. The van der Waals surface area contributed by atoms with Crippen molar-refractivity contribution in [1.82, 2.24) is 25.1 Å². The molecule has 2 saturated carbocycles. The first-order valence-corrected chi connectivity index (χ1v) is 11.3. The number of carbonyl (C=O) groups is 1. The third-order valence-corrected chi connectivity index (χ3v) is 6.55. The molecule has 7 heteroatoms. The number of amides is 1. The molecule has 3 rings (SSSR count). The molecular weight excluding hydrogens is 354 g/mol. The van der Waals surface area contributed by atoms with E-state index in [1.165, 1.54) is 44.9 Å². The van der Waals surface area contributed by atoms with Gasteiger partial charge in [-0.25, -0.2) is 4.68 Å². The Kier molecular flexibility index (Phi) is 8.25. The van der Waals surface area contributed by atoms with Gasteiger partial charge in [0.05, 0.1) is 18.2 Å². The van der Waals surface area contributed by atoms with E-state index in [1.807, 2.05) is 4.68 Å². The van der Waals surface area contributed by atoms with Gasteiger partial charge < -0.3 is 9.64 Å². The van der Waals surface area contributed by atoms with Crippen LogP contribution in [0.2, 0.25) is 0 Å². The van der Waals surface area contributed by atoms with Crippen LogP contribution in [0.3, 0.4) is 0 Å². The van der Waals surface area contributed by atoms with E-state index in [0.29, 0.717) is 12.5 Å². The topological polar surface area (TPSA) is 73.1 Å². The van der Waals surface area contributed by atoms with Crippen LogP contribution in [0.15, 0.2) is 0 Å². The van der Waals surface area contributed by atoms with Gasteiger partial charge in [-0.05, 0) is 55.9 Å². The predicted molar refractivity (Wildman–Crippen MR) is 108 cm³/mol. The Balaban J connectivity index is 1.45. The number of unbranched alkanes of at least 4 members (excludes halogenated alkanes) is 1. The summed E-state index contributed by atoms with van der Waals surface area (Å²) in [6.07, 6.45) is 14.3. The van der Waals surface area contributed by atoms with Gasteiger partial charge in [-0.15, -0.1) is 5.10 Å². The summed E-state index contributed by atoms with van der Waals surface area (Å²) in [5, 5.41) is 12.4. The van der Waals surface area contributed by atoms with Crippen LogP contribution < -0.4 is 0 Å². The highest BCUT2D eigenvalue weighted by Gasteiger charge is 2.31. The van der Waals surface area contributed by atoms with Crippen LogP contribution in [0.5, 0.6) is 0 Å². The maximum Gasteiger partial charge on any atom is 0.222 e. The fourth-order valence-electron chi connectivity index (χ4n) is 4.99. The number of ether oxygens (including phenoxy) is 1. The minimum atomic E-state index is 0.192. The van der Waals surface area contributed by atoms with Crippen LogP contribution in [0, 0.1) is 0 Å². The van der Waals surface area contributed by atoms with Crippen molar-refractivity contribution in [1.29, 1.82) is 0 Å². The van der Waals surface area contributed by atoms with Gasteiger partial charge in [0.25, 0.3) is 0 Å². The third kappa shape index (κ3) is 5.31. The number of hydrogen-bond acceptors (Lipinski definition) is 5. The largest absolute Gasteiger partial charge is 0.379 e. The second-order valence-electron chi connectivity index (χ2n) is 8.34. The summed E-state index contributed by atoms with van der Waals surface area (Å²) in [7, 11) is 1.78. The molecule has 2 unspecified atom stereocenters. The molecule has 0 saturated heterocycles. The van der Waals surface area contributed by atoms with Crippen molar-refractivity contribution in [3.8, 4) is 0 Å². The van der Waals surface area contributed by atoms with E-state index in [-0.39, 0.29) is 18.1 Å². The zero-order chi connectivity index (χ0) is 19.8. The molecule has 0 spiro atoms. The van der Waals surface area contributed by atoms with Crippen LogP contribution >= 0.6 is 0 Å². The lowest BCUT2D eigenvalue weighted by Gasteiger charge is -2.39. The zero-order valence-electron chi connectivity index (χ0n) is 17.7. The summed E-state index contributed by atoms with van der Waals surface area (Å²) in [4.78, 5) is 14.9. The Morgan fingerprint density at radius 3 is 2.61 bits per heavy atom. The van der Waals surface area contributed by atoms with E-state index in [9.17, 15) is 4.79 Å². The van der Waals surface area contributed by atoms with Gasteiger partial charge in [-0.1, -0.05) is 32.1 Å². The van der Waals surface area contributed by atoms with Crippen molar-refractivity contribution in [2.75, 3.05) is 13.7 Å². The molecule has 0 aliphatic heterocycles. The molecule has 2 aliphatic carbocycles. The number of aryl methyl sites for hydroxylation is 1. The fourth-order valence-corrected chi connectivity index (χ4v) is 4.99. The molecule has 7 nitrogen and oxygen atoms in total. The smallest absolute Gasteiger partial charge is 0.222 e. The highest BCUT2D eigenvalue weighted by molar-refractivity contribution is 5.76. The SMILES string of the molecule is CCN(C(=O)CCCCc1nnnn1C1CCCCC1)C1CCCCC1OC. The molecule has 2 fully saturated rings. The van der Waals surface area contributed by atoms with Crippen LogP contribution in [0.1, 0.15) is 95.8 Å². The summed E-state index contributed by atoms with van der Waals surface area (Å²) >= 11 is 0. The minimum Gasteiger partial charge on any atom is -0.379 e. The summed E-state index contributed by atoms with van der Waals surface area (Å²) in [5.41, 5.74) is 0. The predicted octanol–water partition coefficient (Wildman–Crippen LogP) is 3.70. The fraction of sp³-hybridized carbons (Fsp3) is 0.905. The molecule has 1 aromatic heterocycles. The lowest BCUT2D eigenvalue weighted by molar-refractivity contribution is -0.138. The first-order valence-electron chi connectivity index (χ1n) is 11.3. The van der Waals surface area contributed by atoms with Crippen LogP contribution in [-0.2, 0) is 16.0 Å². The standard InChI is InChI=1S/C21H37N5O2/c1-3-25(18-13-7-8-14-19(18)28-2)21(27)16-10-9-15-20-22-23-24-26(20)17-11-5-4-6-12-17/h17-19H,3-16H2,1-2H3. The number of carbonyl (C=O) groups excluding carboxylic acids is 1. The maximum absolute atomic E-state index is 12.8. The average Bonchev–Trinajstić information content (AvgIpc) is 3.21. The maximum atomic E-state index is 12.8. The minimum absolute atomic E-state index is 0.192. The lowest BCUT2D eigenvalue weighted by Crippen LogP contribution is -2.49. The van der Waals surface area contributed by atoms with Gasteiger partial charge in [0.15, 0.2) is 5.82 Å². The molecule has 0 aromatic carbocycles. The van der Waals surface area contributed by atoms with E-state index in [0.717, 1.165) is 44.5 Å². The molecule has 1 amide bonds. The van der Waals surface area contributed by atoms with Crippen LogP contribution in [0.4, 0.5) is 0 Å². The van der Waals surface area contributed by atoms with E-state index < -0.39 is 0 Å². The summed E-state index contributed by atoms with van der Waals surface area (Å²) in [5.74, 6) is 1.25. The summed E-state index contributed by atoms with van der Waals surface area (Å²) in [6.45, 7) is 2.85. The number of tetrazole rings is 1. The second-order valence-corrected chi connectivity index (χ2v) is 8.34. The van der Waals surface area contributed by atoms with Crippen molar-refractivity contribution in [2.45, 2.75) is 109 Å². The molecule has 2 aliphatic rings. The van der Waals surface area contributed by atoms with Crippen molar-refractivity contribution >= 4 is 5.91 Å². The van der Waals surface area contributed by atoms with E-state index in [2.05, 4.69) is 27.3 Å². The van der Waals surface area contributed by atoms with Crippen molar-refractivity contribution in [3.05, 3.63) is 5.82 Å². The van der Waals surface area contributed by atoms with Gasteiger partial charge in [0.1, 0.15) is 0 Å². The third-order valence-electron chi connectivity index (χ3n) is 6.55. The Labute approximate surface area is 169 Å². The van der Waals surface area contributed by atoms with Gasteiger partial charge >= 0.3 is 0 Å². The molecule has 158 valence electrons. The zero-order valence-corrected chi connectivity index (χ0v) is 17.7. The van der Waals surface area contributed by atoms with Crippen molar-refractivity contribution < 1.29 is 9.53 Å². The quantitative estimate of drug-likeness (QED) is 0.600. The first kappa shape index (κ1) is 21.2. The first-order chi connectivity index (χ1) is 13.7. The van der Waals surface area contributed by atoms with Gasteiger partial charge in [0.2, 0.25) is 5.91 Å². The molecule has 1 aromatic rings. The van der Waals surface area contributed by atoms with Crippen LogP contribution in [0.25, 0.3) is 0 Å². The number of likely N-dealkylation sites (N-methyl/N-ethyl adjacent to an activating group) is 1. The number of hydrogen-bond donors (Lipinski definition) is 0. The van der Waals surface area contributed by atoms with Gasteiger partial charge in [-0.3, -0.25) is 4.79 Å². The molecule has 1 heterocycles. The summed E-state index contributed by atoms with van der Waals surface area (Å²) in [6, 6.07) is 0.711. The van der Waals surface area contributed by atoms with E-state index in [1.54, 1.807) is 7.11 Å². The summed E-state index contributed by atoms with van der Waals surface area (Å²) < 4.78 is 7.71. The highest BCUT2D eigenvalue weighted by Crippen LogP contribution is 2.28. The van der Waals surface area contributed by atoms with Gasteiger partial charge in [0, 0.05) is 26.5 Å². The van der Waals surface area contributed by atoms with Crippen LogP contribution in [-0.4, -0.2) is 56.8 Å². The Hall–Kier alpha value is -1.50. The molecular formula is C21H37N5O2. The molecule has 2 atom stereocenters. The average molecular weight is 392 g/mol. The van der Waals surface area contributed by atoms with Crippen molar-refractivity contribution in [2.24, 2.45) is 0 Å². The highest BCUT2D eigenvalue weighted by atomic mass is 16.5. The lowest BCUT2D eigenvalue weighted by atomic mass is 9.91.